The fourth-order valence-corrected chi connectivity index (χ4v) is 1.38. The standard InChI is InChI=1S/C10H15N5O4/c1-15(4-8(11)16)10(19)14-7(9(17)18)2-6-3-12-5-13-6/h3,5,7H,2,4H2,1H3,(H2,11,16)(H,12,13)(H,14,19)(H,17,18)/t7-/m0/s1. The first-order valence-corrected chi connectivity index (χ1v) is 5.40. The average molecular weight is 269 g/mol. The molecule has 1 heterocycles. The van der Waals surface area contributed by atoms with E-state index in [2.05, 4.69) is 15.3 Å². The third-order valence-electron chi connectivity index (χ3n) is 2.31. The van der Waals surface area contributed by atoms with E-state index in [0.29, 0.717) is 5.69 Å². The topological polar surface area (TPSA) is 141 Å². The number of nitrogens with zero attached hydrogens (tertiary/aromatic N) is 2. The Morgan fingerprint density at radius 3 is 2.74 bits per heavy atom. The summed E-state index contributed by atoms with van der Waals surface area (Å²) in [6.45, 7) is -0.289. The number of aromatic amines is 1. The number of hydrogen-bond acceptors (Lipinski definition) is 4. The summed E-state index contributed by atoms with van der Waals surface area (Å²) < 4.78 is 0. The molecule has 1 aromatic rings. The summed E-state index contributed by atoms with van der Waals surface area (Å²) in [5, 5.41) is 11.3. The van der Waals surface area contributed by atoms with Crippen LogP contribution < -0.4 is 11.1 Å². The van der Waals surface area contributed by atoms with Gasteiger partial charge in [0, 0.05) is 25.4 Å². The molecule has 0 aliphatic carbocycles. The number of imidazole rings is 1. The highest BCUT2D eigenvalue weighted by Gasteiger charge is 2.23. The van der Waals surface area contributed by atoms with Crippen molar-refractivity contribution in [1.82, 2.24) is 20.2 Å². The molecular weight excluding hydrogens is 254 g/mol. The number of hydrogen-bond donors (Lipinski definition) is 4. The van der Waals surface area contributed by atoms with Crippen molar-refractivity contribution in [2.24, 2.45) is 5.73 Å². The number of carboxylic acids is 1. The van der Waals surface area contributed by atoms with Gasteiger partial charge in [-0.1, -0.05) is 0 Å². The number of carbonyl (C=O) groups is 3. The Bertz CT molecular complexity index is 458. The molecule has 9 nitrogen and oxygen atoms in total. The smallest absolute Gasteiger partial charge is 0.326 e. The summed E-state index contributed by atoms with van der Waals surface area (Å²) >= 11 is 0. The zero-order valence-electron chi connectivity index (χ0n) is 10.3. The normalized spacial score (nSPS) is 11.6. The van der Waals surface area contributed by atoms with Gasteiger partial charge in [0.25, 0.3) is 0 Å². The monoisotopic (exact) mass is 269 g/mol. The van der Waals surface area contributed by atoms with E-state index in [9.17, 15) is 14.4 Å². The molecule has 0 aromatic carbocycles. The molecule has 1 atom stereocenters. The molecule has 0 fully saturated rings. The number of amides is 3. The van der Waals surface area contributed by atoms with E-state index in [0.717, 1.165) is 4.90 Å². The van der Waals surface area contributed by atoms with Crippen LogP contribution in [0.2, 0.25) is 0 Å². The second-order valence-electron chi connectivity index (χ2n) is 3.94. The van der Waals surface area contributed by atoms with E-state index >= 15 is 0 Å². The van der Waals surface area contributed by atoms with Crippen LogP contribution in [0.25, 0.3) is 0 Å². The van der Waals surface area contributed by atoms with Gasteiger partial charge in [-0.3, -0.25) is 4.79 Å². The predicted molar refractivity (Wildman–Crippen MR) is 64.1 cm³/mol. The first kappa shape index (κ1) is 14.5. The first-order chi connectivity index (χ1) is 8.90. The van der Waals surface area contributed by atoms with Crippen molar-refractivity contribution in [1.29, 1.82) is 0 Å². The second kappa shape index (κ2) is 6.38. The molecule has 9 heteroatoms. The second-order valence-corrected chi connectivity index (χ2v) is 3.94. The van der Waals surface area contributed by atoms with Crippen LogP contribution in [0, 0.1) is 0 Å². The molecule has 0 saturated heterocycles. The van der Waals surface area contributed by atoms with Crippen LogP contribution in [-0.4, -0.2) is 57.5 Å². The van der Waals surface area contributed by atoms with Crippen molar-refractivity contribution in [2.75, 3.05) is 13.6 Å². The Labute approximate surface area is 108 Å². The van der Waals surface area contributed by atoms with Crippen molar-refractivity contribution >= 4 is 17.9 Å². The van der Waals surface area contributed by atoms with Gasteiger partial charge in [0.1, 0.15) is 12.6 Å². The zero-order valence-corrected chi connectivity index (χ0v) is 10.3. The molecular formula is C10H15N5O4. The lowest BCUT2D eigenvalue weighted by Gasteiger charge is -2.19. The molecule has 0 bridgehead atoms. The van der Waals surface area contributed by atoms with Crippen molar-refractivity contribution in [2.45, 2.75) is 12.5 Å². The lowest BCUT2D eigenvalue weighted by molar-refractivity contribution is -0.139. The number of carboxylic acid groups (broad SMARTS) is 1. The summed E-state index contributed by atoms with van der Waals surface area (Å²) in [5.74, 6) is -1.87. The van der Waals surface area contributed by atoms with Crippen LogP contribution in [0.3, 0.4) is 0 Å². The maximum atomic E-state index is 11.6. The Balaban J connectivity index is 2.61. The molecule has 3 amide bonds. The summed E-state index contributed by atoms with van der Waals surface area (Å²) in [6, 6.07) is -1.81. The number of likely N-dealkylation sites (N-methyl/N-ethyl adjacent to an activating group) is 1. The molecule has 0 radical (unpaired) electrons. The summed E-state index contributed by atoms with van der Waals surface area (Å²) in [5.41, 5.74) is 5.52. The minimum Gasteiger partial charge on any atom is -0.480 e. The van der Waals surface area contributed by atoms with Crippen LogP contribution in [0.5, 0.6) is 0 Å². The number of aliphatic carboxylic acids is 1. The Kier molecular flexibility index (Phi) is 4.86. The molecule has 0 aliphatic heterocycles. The number of carbonyl (C=O) groups excluding carboxylic acids is 2. The number of H-pyrrole nitrogens is 1. The van der Waals surface area contributed by atoms with Gasteiger partial charge in [-0.05, 0) is 0 Å². The third kappa shape index (κ3) is 4.66. The minimum absolute atomic E-state index is 0.0610. The van der Waals surface area contributed by atoms with Gasteiger partial charge in [-0.25, -0.2) is 14.6 Å². The predicted octanol–water partition coefficient (Wildman–Crippen LogP) is -1.47. The van der Waals surface area contributed by atoms with Crippen LogP contribution in [0.15, 0.2) is 12.5 Å². The number of nitrogens with one attached hydrogen (secondary N) is 2. The van der Waals surface area contributed by atoms with Gasteiger partial charge in [0.05, 0.1) is 6.33 Å². The molecule has 1 aromatic heterocycles. The van der Waals surface area contributed by atoms with Gasteiger partial charge < -0.3 is 26.0 Å². The summed E-state index contributed by atoms with van der Waals surface area (Å²) in [4.78, 5) is 40.9. The van der Waals surface area contributed by atoms with E-state index in [1.54, 1.807) is 0 Å². The first-order valence-electron chi connectivity index (χ1n) is 5.40. The van der Waals surface area contributed by atoms with Gasteiger partial charge in [0.15, 0.2) is 0 Å². The van der Waals surface area contributed by atoms with Gasteiger partial charge >= 0.3 is 12.0 Å². The molecule has 0 spiro atoms. The molecule has 19 heavy (non-hydrogen) atoms. The Morgan fingerprint density at radius 2 is 2.26 bits per heavy atom. The van der Waals surface area contributed by atoms with Crippen molar-refractivity contribution < 1.29 is 19.5 Å². The van der Waals surface area contributed by atoms with Crippen LogP contribution in [0.1, 0.15) is 5.69 Å². The maximum Gasteiger partial charge on any atom is 0.326 e. The number of primary amides is 1. The van der Waals surface area contributed by atoms with Gasteiger partial charge in [-0.15, -0.1) is 0 Å². The van der Waals surface area contributed by atoms with Crippen LogP contribution in [0.4, 0.5) is 4.79 Å². The fraction of sp³-hybridized carbons (Fsp3) is 0.400. The maximum absolute atomic E-state index is 11.6. The molecule has 0 aliphatic rings. The largest absolute Gasteiger partial charge is 0.480 e. The number of urea groups is 1. The van der Waals surface area contributed by atoms with Gasteiger partial charge in [0.2, 0.25) is 5.91 Å². The van der Waals surface area contributed by atoms with E-state index in [4.69, 9.17) is 10.8 Å². The summed E-state index contributed by atoms with van der Waals surface area (Å²) in [7, 11) is 1.34. The highest BCUT2D eigenvalue weighted by atomic mass is 16.4. The minimum atomic E-state index is -1.18. The molecule has 0 saturated carbocycles. The van der Waals surface area contributed by atoms with Crippen molar-refractivity contribution in [3.05, 3.63) is 18.2 Å². The lowest BCUT2D eigenvalue weighted by atomic mass is 10.1. The lowest BCUT2D eigenvalue weighted by Crippen LogP contribution is -2.49. The van der Waals surface area contributed by atoms with Crippen LogP contribution >= 0.6 is 0 Å². The van der Waals surface area contributed by atoms with E-state index in [1.807, 2.05) is 0 Å². The van der Waals surface area contributed by atoms with Gasteiger partial charge in [-0.2, -0.15) is 0 Å². The zero-order chi connectivity index (χ0) is 14.4. The molecule has 5 N–H and O–H groups in total. The number of aromatic nitrogens is 2. The number of nitrogens with two attached hydrogens (primary N) is 1. The Morgan fingerprint density at radius 1 is 1.58 bits per heavy atom. The Hall–Kier alpha value is -2.58. The van der Waals surface area contributed by atoms with E-state index in [1.165, 1.54) is 19.6 Å². The quantitative estimate of drug-likeness (QED) is 0.499. The summed E-state index contributed by atoms with van der Waals surface area (Å²) in [6.07, 6.45) is 2.94. The van der Waals surface area contributed by atoms with Crippen molar-refractivity contribution in [3.63, 3.8) is 0 Å². The average Bonchev–Trinajstić information content (AvgIpc) is 2.79. The highest BCUT2D eigenvalue weighted by Crippen LogP contribution is 1.99. The third-order valence-corrected chi connectivity index (χ3v) is 2.31. The van der Waals surface area contributed by atoms with E-state index < -0.39 is 23.9 Å². The van der Waals surface area contributed by atoms with E-state index in [-0.39, 0.29) is 13.0 Å². The molecule has 104 valence electrons. The highest BCUT2D eigenvalue weighted by molar-refractivity contribution is 5.86. The molecule has 1 rings (SSSR count). The van der Waals surface area contributed by atoms with Crippen LogP contribution in [-0.2, 0) is 16.0 Å². The fourth-order valence-electron chi connectivity index (χ4n) is 1.38. The number of rotatable bonds is 6. The SMILES string of the molecule is CN(CC(N)=O)C(=O)N[C@@H](Cc1cnc[nH]1)C(=O)O. The van der Waals surface area contributed by atoms with Crippen molar-refractivity contribution in [3.8, 4) is 0 Å². The molecule has 0 unspecified atom stereocenters.